The van der Waals surface area contributed by atoms with Crippen LogP contribution in [0.1, 0.15) is 25.8 Å². The Morgan fingerprint density at radius 3 is 2.48 bits per heavy atom. The van der Waals surface area contributed by atoms with Crippen molar-refractivity contribution in [1.82, 2.24) is 10.9 Å². The van der Waals surface area contributed by atoms with E-state index in [0.717, 1.165) is 11.3 Å². The fraction of sp³-hybridized carbons (Fsp3) is 0.333. The maximum absolute atomic E-state index is 12.0. The monoisotopic (exact) mass is 362 g/mol. The third-order valence-corrected chi connectivity index (χ3v) is 4.09. The van der Waals surface area contributed by atoms with Crippen molar-refractivity contribution in [2.75, 3.05) is 6.61 Å². The van der Waals surface area contributed by atoms with Gasteiger partial charge in [-0.15, -0.1) is 0 Å². The minimum absolute atomic E-state index is 0.243. The number of carbonyl (C=O) groups is 2. The van der Waals surface area contributed by atoms with Crippen molar-refractivity contribution < 1.29 is 19.1 Å². The van der Waals surface area contributed by atoms with E-state index in [1.165, 1.54) is 0 Å². The Kier molecular flexibility index (Phi) is 7.28. The molecule has 0 aliphatic rings. The second-order valence-electron chi connectivity index (χ2n) is 5.33. The Morgan fingerprint density at radius 1 is 1.12 bits per heavy atom. The lowest BCUT2D eigenvalue weighted by Crippen LogP contribution is -2.47. The molecule has 0 radical (unpaired) electrons. The van der Waals surface area contributed by atoms with Crippen molar-refractivity contribution in [2.24, 2.45) is 0 Å². The molecule has 0 saturated carbocycles. The summed E-state index contributed by atoms with van der Waals surface area (Å²) in [5.74, 6) is 0.630. The number of carbonyl (C=O) groups excluding carboxylic acids is 2. The van der Waals surface area contributed by atoms with Gasteiger partial charge >= 0.3 is 0 Å². The molecule has 134 valence electrons. The van der Waals surface area contributed by atoms with Gasteiger partial charge in [0, 0.05) is 6.42 Å². The first kappa shape index (κ1) is 18.8. The molecule has 7 heteroatoms. The summed E-state index contributed by atoms with van der Waals surface area (Å²) in [4.78, 5) is 23.7. The van der Waals surface area contributed by atoms with E-state index in [-0.39, 0.29) is 5.91 Å². The molecule has 6 nitrogen and oxygen atoms in total. The normalized spacial score (nSPS) is 11.4. The second kappa shape index (κ2) is 9.68. The summed E-state index contributed by atoms with van der Waals surface area (Å²) in [6, 6.07) is 8.98. The van der Waals surface area contributed by atoms with Gasteiger partial charge in [0.15, 0.2) is 6.10 Å². The minimum Gasteiger partial charge on any atom is -0.494 e. The van der Waals surface area contributed by atoms with Crippen molar-refractivity contribution in [3.63, 3.8) is 0 Å². The number of nitrogens with one attached hydrogen (secondary N) is 2. The Morgan fingerprint density at radius 2 is 1.84 bits per heavy atom. The number of rotatable bonds is 8. The van der Waals surface area contributed by atoms with Gasteiger partial charge in [0.05, 0.1) is 6.61 Å². The van der Waals surface area contributed by atoms with Crippen LogP contribution in [0, 0.1) is 0 Å². The molecular formula is C18H22N2O4S. The van der Waals surface area contributed by atoms with E-state index in [0.29, 0.717) is 25.2 Å². The van der Waals surface area contributed by atoms with Crippen molar-refractivity contribution in [3.8, 4) is 11.5 Å². The smallest absolute Gasteiger partial charge is 0.279 e. The average Bonchev–Trinajstić information content (AvgIpc) is 3.13. The van der Waals surface area contributed by atoms with Crippen molar-refractivity contribution in [3.05, 3.63) is 46.7 Å². The standard InChI is InChI=1S/C18H22N2O4S/c1-3-23-15-5-7-16(8-6-15)24-13(2)18(22)20-19-17(21)9-4-14-10-11-25-12-14/h5-8,10-13H,3-4,9H2,1-2H3,(H,19,21)(H,20,22). The van der Waals surface area contributed by atoms with Gasteiger partial charge in [0.1, 0.15) is 11.5 Å². The summed E-state index contributed by atoms with van der Waals surface area (Å²) in [7, 11) is 0. The van der Waals surface area contributed by atoms with Crippen molar-refractivity contribution >= 4 is 23.2 Å². The zero-order valence-corrected chi connectivity index (χ0v) is 15.1. The second-order valence-corrected chi connectivity index (χ2v) is 6.11. The molecule has 0 spiro atoms. The highest BCUT2D eigenvalue weighted by Gasteiger charge is 2.15. The van der Waals surface area contributed by atoms with E-state index < -0.39 is 12.0 Å². The highest BCUT2D eigenvalue weighted by molar-refractivity contribution is 7.07. The molecule has 1 unspecified atom stereocenters. The van der Waals surface area contributed by atoms with Gasteiger partial charge in [-0.25, -0.2) is 0 Å². The predicted molar refractivity (Wildman–Crippen MR) is 96.6 cm³/mol. The van der Waals surface area contributed by atoms with Crippen LogP contribution in [-0.2, 0) is 16.0 Å². The zero-order chi connectivity index (χ0) is 18.1. The summed E-state index contributed by atoms with van der Waals surface area (Å²) in [5.41, 5.74) is 5.89. The average molecular weight is 362 g/mol. The van der Waals surface area contributed by atoms with Crippen molar-refractivity contribution in [2.45, 2.75) is 32.8 Å². The number of benzene rings is 1. The molecule has 1 atom stereocenters. The molecule has 2 N–H and O–H groups in total. The molecule has 2 rings (SSSR count). The summed E-state index contributed by atoms with van der Waals surface area (Å²) in [5, 5.41) is 3.97. The van der Waals surface area contributed by atoms with Crippen LogP contribution in [0.5, 0.6) is 11.5 Å². The van der Waals surface area contributed by atoms with Crippen LogP contribution in [0.2, 0.25) is 0 Å². The molecule has 2 aromatic rings. The van der Waals surface area contributed by atoms with Gasteiger partial charge in [-0.05, 0) is 66.9 Å². The maximum atomic E-state index is 12.0. The fourth-order valence-corrected chi connectivity index (χ4v) is 2.73. The Labute approximate surface area is 151 Å². The van der Waals surface area contributed by atoms with Gasteiger partial charge in [-0.2, -0.15) is 11.3 Å². The van der Waals surface area contributed by atoms with Gasteiger partial charge in [-0.3, -0.25) is 20.4 Å². The lowest BCUT2D eigenvalue weighted by Gasteiger charge is -2.15. The highest BCUT2D eigenvalue weighted by atomic mass is 32.1. The SMILES string of the molecule is CCOc1ccc(OC(C)C(=O)NNC(=O)CCc2ccsc2)cc1. The molecule has 25 heavy (non-hydrogen) atoms. The number of hydrogen-bond donors (Lipinski definition) is 2. The minimum atomic E-state index is -0.741. The molecular weight excluding hydrogens is 340 g/mol. The molecule has 0 bridgehead atoms. The first-order valence-corrected chi connectivity index (χ1v) is 9.02. The lowest BCUT2D eigenvalue weighted by atomic mass is 10.2. The van der Waals surface area contributed by atoms with Crippen LogP contribution < -0.4 is 20.3 Å². The van der Waals surface area contributed by atoms with Gasteiger partial charge in [0.25, 0.3) is 5.91 Å². The molecule has 0 aliphatic heterocycles. The fourth-order valence-electron chi connectivity index (χ4n) is 2.03. The van der Waals surface area contributed by atoms with E-state index in [2.05, 4.69) is 10.9 Å². The number of amides is 2. The van der Waals surface area contributed by atoms with Crippen LogP contribution in [-0.4, -0.2) is 24.5 Å². The maximum Gasteiger partial charge on any atom is 0.279 e. The largest absolute Gasteiger partial charge is 0.494 e. The Bertz CT molecular complexity index is 671. The third-order valence-electron chi connectivity index (χ3n) is 3.36. The number of aryl methyl sites for hydroxylation is 1. The van der Waals surface area contributed by atoms with E-state index in [9.17, 15) is 9.59 Å². The number of thiophene rings is 1. The third kappa shape index (κ3) is 6.46. The molecule has 0 fully saturated rings. The summed E-state index contributed by atoms with van der Waals surface area (Å²) >= 11 is 1.59. The van der Waals surface area contributed by atoms with Crippen LogP contribution in [0.15, 0.2) is 41.1 Å². The van der Waals surface area contributed by atoms with E-state index in [4.69, 9.17) is 9.47 Å². The quantitative estimate of drug-likeness (QED) is 0.708. The van der Waals surface area contributed by atoms with Crippen LogP contribution in [0.3, 0.4) is 0 Å². The van der Waals surface area contributed by atoms with E-state index in [1.807, 2.05) is 23.8 Å². The first-order chi connectivity index (χ1) is 12.1. The Balaban J connectivity index is 1.71. The van der Waals surface area contributed by atoms with Gasteiger partial charge < -0.3 is 9.47 Å². The summed E-state index contributed by atoms with van der Waals surface area (Å²) in [6.45, 7) is 4.11. The predicted octanol–water partition coefficient (Wildman–Crippen LogP) is 2.69. The van der Waals surface area contributed by atoms with Crippen LogP contribution in [0.4, 0.5) is 0 Å². The first-order valence-electron chi connectivity index (χ1n) is 8.07. The number of hydrogen-bond acceptors (Lipinski definition) is 5. The Hall–Kier alpha value is -2.54. The van der Waals surface area contributed by atoms with Crippen molar-refractivity contribution in [1.29, 1.82) is 0 Å². The van der Waals surface area contributed by atoms with Crippen LogP contribution >= 0.6 is 11.3 Å². The molecule has 1 heterocycles. The topological polar surface area (TPSA) is 76.7 Å². The number of ether oxygens (including phenoxy) is 2. The highest BCUT2D eigenvalue weighted by Crippen LogP contribution is 2.18. The van der Waals surface area contributed by atoms with E-state index in [1.54, 1.807) is 42.5 Å². The number of hydrazine groups is 1. The molecule has 1 aromatic carbocycles. The summed E-state index contributed by atoms with van der Waals surface area (Å²) in [6.07, 6.45) is 0.212. The van der Waals surface area contributed by atoms with Crippen LogP contribution in [0.25, 0.3) is 0 Å². The van der Waals surface area contributed by atoms with E-state index >= 15 is 0 Å². The summed E-state index contributed by atoms with van der Waals surface area (Å²) < 4.78 is 10.9. The molecule has 1 aromatic heterocycles. The zero-order valence-electron chi connectivity index (χ0n) is 14.3. The van der Waals surface area contributed by atoms with Gasteiger partial charge in [0.2, 0.25) is 5.91 Å². The molecule has 0 aliphatic carbocycles. The molecule has 2 amide bonds. The lowest BCUT2D eigenvalue weighted by molar-refractivity contribution is -0.132. The van der Waals surface area contributed by atoms with Gasteiger partial charge in [-0.1, -0.05) is 0 Å². The molecule has 0 saturated heterocycles.